The van der Waals surface area contributed by atoms with E-state index < -0.39 is 0 Å². The topological polar surface area (TPSA) is 73.6 Å². The maximum absolute atomic E-state index is 12.7. The highest BCUT2D eigenvalue weighted by Crippen LogP contribution is 2.41. The molecule has 0 fully saturated rings. The maximum Gasteiger partial charge on any atom is 0.248 e. The molecule has 0 bridgehead atoms. The fourth-order valence-electron chi connectivity index (χ4n) is 3.95. The first-order valence-corrected chi connectivity index (χ1v) is 11.3. The van der Waals surface area contributed by atoms with Gasteiger partial charge in [0.05, 0.1) is 31.4 Å². The standard InChI is InChI=1S/C28H28N2O4/c1-5-32-22-11-9-20(10-12-22)25-17-34-28-19(4)27(33-6-2)23(15-24(25)28)18(3)14-26(31)30-21-8-7-13-29-16-21/h7-17H,5-6H2,1-4H3,(H,30,31)/b18-14+. The molecule has 0 spiro atoms. The smallest absolute Gasteiger partial charge is 0.248 e. The van der Waals surface area contributed by atoms with Crippen LogP contribution in [-0.2, 0) is 4.79 Å². The van der Waals surface area contributed by atoms with Crippen molar-refractivity contribution in [2.24, 2.45) is 0 Å². The van der Waals surface area contributed by atoms with E-state index in [2.05, 4.69) is 10.3 Å². The molecule has 6 heteroatoms. The largest absolute Gasteiger partial charge is 0.494 e. The molecular formula is C28H28N2O4. The van der Waals surface area contributed by atoms with E-state index >= 15 is 0 Å². The second kappa shape index (κ2) is 10.3. The maximum atomic E-state index is 12.7. The lowest BCUT2D eigenvalue weighted by Gasteiger charge is -2.15. The monoisotopic (exact) mass is 456 g/mol. The molecular weight excluding hydrogens is 428 g/mol. The van der Waals surface area contributed by atoms with E-state index in [0.717, 1.165) is 44.5 Å². The molecule has 2 aromatic carbocycles. The first-order chi connectivity index (χ1) is 16.5. The predicted molar refractivity (Wildman–Crippen MR) is 135 cm³/mol. The zero-order valence-corrected chi connectivity index (χ0v) is 19.8. The van der Waals surface area contributed by atoms with Crippen LogP contribution in [0.15, 0.2) is 71.6 Å². The van der Waals surface area contributed by atoms with Crippen LogP contribution in [0, 0.1) is 6.92 Å². The van der Waals surface area contributed by atoms with Crippen LogP contribution in [0.5, 0.6) is 11.5 Å². The number of furan rings is 1. The fraction of sp³-hybridized carbons (Fsp3) is 0.214. The number of carbonyl (C=O) groups is 1. The fourth-order valence-corrected chi connectivity index (χ4v) is 3.95. The molecule has 0 saturated heterocycles. The van der Waals surface area contributed by atoms with Gasteiger partial charge >= 0.3 is 0 Å². The molecule has 2 aromatic heterocycles. The van der Waals surface area contributed by atoms with Crippen molar-refractivity contribution in [3.05, 3.63) is 78.3 Å². The Hall–Kier alpha value is -4.06. The molecule has 0 aliphatic carbocycles. The van der Waals surface area contributed by atoms with E-state index in [1.165, 1.54) is 0 Å². The number of hydrogen-bond donors (Lipinski definition) is 1. The average molecular weight is 457 g/mol. The summed E-state index contributed by atoms with van der Waals surface area (Å²) in [5.74, 6) is 1.31. The van der Waals surface area contributed by atoms with Crippen LogP contribution < -0.4 is 14.8 Å². The van der Waals surface area contributed by atoms with Crippen LogP contribution in [0.25, 0.3) is 27.7 Å². The molecule has 0 aliphatic heterocycles. The van der Waals surface area contributed by atoms with Gasteiger partial charge in [0.1, 0.15) is 17.1 Å². The third kappa shape index (κ3) is 4.81. The number of allylic oxidation sites excluding steroid dienone is 1. The van der Waals surface area contributed by atoms with E-state index in [9.17, 15) is 4.79 Å². The lowest BCUT2D eigenvalue weighted by molar-refractivity contribution is -0.111. The van der Waals surface area contributed by atoms with Crippen LogP contribution in [0.4, 0.5) is 5.69 Å². The van der Waals surface area contributed by atoms with Crippen LogP contribution in [0.3, 0.4) is 0 Å². The van der Waals surface area contributed by atoms with Crippen molar-refractivity contribution < 1.29 is 18.7 Å². The van der Waals surface area contributed by atoms with Crippen molar-refractivity contribution in [2.75, 3.05) is 18.5 Å². The van der Waals surface area contributed by atoms with Crippen LogP contribution in [-0.4, -0.2) is 24.1 Å². The van der Waals surface area contributed by atoms with Gasteiger partial charge in [0.2, 0.25) is 5.91 Å². The number of fused-ring (bicyclic) bond motifs is 1. The van der Waals surface area contributed by atoms with Gasteiger partial charge in [0, 0.05) is 34.3 Å². The van der Waals surface area contributed by atoms with Crippen molar-refractivity contribution in [1.82, 2.24) is 4.98 Å². The molecule has 0 radical (unpaired) electrons. The number of hydrogen-bond acceptors (Lipinski definition) is 5. The molecule has 6 nitrogen and oxygen atoms in total. The number of aromatic nitrogens is 1. The molecule has 0 aliphatic rings. The summed E-state index contributed by atoms with van der Waals surface area (Å²) >= 11 is 0. The number of ether oxygens (including phenoxy) is 2. The number of benzene rings is 2. The minimum Gasteiger partial charge on any atom is -0.494 e. The SMILES string of the molecule is CCOc1ccc(-c2coc3c(C)c(OCC)c(/C(C)=C/C(=O)Nc4cccnc4)cc23)cc1. The van der Waals surface area contributed by atoms with Gasteiger partial charge in [0.25, 0.3) is 0 Å². The molecule has 34 heavy (non-hydrogen) atoms. The summed E-state index contributed by atoms with van der Waals surface area (Å²) < 4.78 is 17.5. The van der Waals surface area contributed by atoms with Gasteiger partial charge in [-0.15, -0.1) is 0 Å². The van der Waals surface area contributed by atoms with Crippen molar-refractivity contribution in [3.8, 4) is 22.6 Å². The van der Waals surface area contributed by atoms with Gasteiger partial charge in [-0.05, 0) is 69.2 Å². The zero-order chi connectivity index (χ0) is 24.1. The Bertz CT molecular complexity index is 1320. The summed E-state index contributed by atoms with van der Waals surface area (Å²) in [6.07, 6.45) is 6.61. The number of carbonyl (C=O) groups excluding carboxylic acids is 1. The number of anilines is 1. The lowest BCUT2D eigenvalue weighted by Crippen LogP contribution is -2.09. The molecule has 2 heterocycles. The van der Waals surface area contributed by atoms with Crippen molar-refractivity contribution in [2.45, 2.75) is 27.7 Å². The van der Waals surface area contributed by atoms with Crippen LogP contribution in [0.1, 0.15) is 31.9 Å². The summed E-state index contributed by atoms with van der Waals surface area (Å²) in [7, 11) is 0. The highest BCUT2D eigenvalue weighted by Gasteiger charge is 2.19. The van der Waals surface area contributed by atoms with E-state index in [-0.39, 0.29) is 5.91 Å². The molecule has 174 valence electrons. The second-order valence-corrected chi connectivity index (χ2v) is 7.85. The van der Waals surface area contributed by atoms with Crippen LogP contribution in [0.2, 0.25) is 0 Å². The highest BCUT2D eigenvalue weighted by molar-refractivity contribution is 6.05. The first-order valence-electron chi connectivity index (χ1n) is 11.3. The number of amides is 1. The molecule has 0 saturated carbocycles. The quantitative estimate of drug-likeness (QED) is 0.301. The Morgan fingerprint density at radius 3 is 2.56 bits per heavy atom. The predicted octanol–water partition coefficient (Wildman–Crippen LogP) is 6.64. The zero-order valence-electron chi connectivity index (χ0n) is 19.8. The number of rotatable bonds is 8. The number of aryl methyl sites for hydroxylation is 1. The summed E-state index contributed by atoms with van der Waals surface area (Å²) in [5, 5.41) is 3.80. The number of nitrogens with one attached hydrogen (secondary N) is 1. The Morgan fingerprint density at radius 2 is 1.88 bits per heavy atom. The molecule has 0 unspecified atom stereocenters. The minimum atomic E-state index is -0.232. The lowest BCUT2D eigenvalue weighted by atomic mass is 9.96. The second-order valence-electron chi connectivity index (χ2n) is 7.85. The third-order valence-electron chi connectivity index (χ3n) is 5.51. The summed E-state index contributed by atoms with van der Waals surface area (Å²) in [4.78, 5) is 16.7. The average Bonchev–Trinajstić information content (AvgIpc) is 3.26. The van der Waals surface area contributed by atoms with Gasteiger partial charge in [-0.2, -0.15) is 0 Å². The van der Waals surface area contributed by atoms with Gasteiger partial charge in [-0.1, -0.05) is 12.1 Å². The van der Waals surface area contributed by atoms with Gasteiger partial charge in [0.15, 0.2) is 0 Å². The van der Waals surface area contributed by atoms with Crippen molar-refractivity contribution >= 4 is 28.1 Å². The van der Waals surface area contributed by atoms with Crippen LogP contribution >= 0.6 is 0 Å². The molecule has 4 aromatic rings. The molecule has 1 amide bonds. The summed E-state index contributed by atoms with van der Waals surface area (Å²) in [6, 6.07) is 13.5. The highest BCUT2D eigenvalue weighted by atomic mass is 16.5. The van der Waals surface area contributed by atoms with Gasteiger partial charge < -0.3 is 19.2 Å². The van der Waals surface area contributed by atoms with E-state index in [1.54, 1.807) is 36.9 Å². The first kappa shape index (κ1) is 23.1. The Balaban J connectivity index is 1.76. The van der Waals surface area contributed by atoms with Crippen molar-refractivity contribution in [1.29, 1.82) is 0 Å². The molecule has 1 N–H and O–H groups in total. The van der Waals surface area contributed by atoms with Crippen molar-refractivity contribution in [3.63, 3.8) is 0 Å². The molecule has 4 rings (SSSR count). The Kier molecular flexibility index (Phi) is 6.97. The Labute approximate surface area is 199 Å². The normalized spacial score (nSPS) is 11.5. The van der Waals surface area contributed by atoms with E-state index in [1.807, 2.05) is 58.0 Å². The van der Waals surface area contributed by atoms with Gasteiger partial charge in [-0.25, -0.2) is 0 Å². The van der Waals surface area contributed by atoms with E-state index in [0.29, 0.717) is 24.7 Å². The van der Waals surface area contributed by atoms with E-state index in [4.69, 9.17) is 13.9 Å². The van der Waals surface area contributed by atoms with Gasteiger partial charge in [-0.3, -0.25) is 9.78 Å². The third-order valence-corrected chi connectivity index (χ3v) is 5.51. The number of nitrogens with zero attached hydrogens (tertiary/aromatic N) is 1. The summed E-state index contributed by atoms with van der Waals surface area (Å²) in [6.45, 7) is 8.91. The number of pyridine rings is 1. The minimum absolute atomic E-state index is 0.232. The Morgan fingerprint density at radius 1 is 1.12 bits per heavy atom. The summed E-state index contributed by atoms with van der Waals surface area (Å²) in [5.41, 5.74) is 5.93. The molecule has 0 atom stereocenters.